The second-order valence-corrected chi connectivity index (χ2v) is 8.31. The van der Waals surface area contributed by atoms with Crippen LogP contribution in [-0.2, 0) is 17.8 Å². The van der Waals surface area contributed by atoms with Crippen LogP contribution in [0.1, 0.15) is 22.3 Å². The normalized spacial score (nSPS) is 14.7. The molecule has 1 amide bonds. The maximum absolute atomic E-state index is 13.1. The number of carbonyl (C=O) groups excluding carboxylic acids is 1. The van der Waals surface area contributed by atoms with Gasteiger partial charge in [-0.15, -0.1) is 0 Å². The summed E-state index contributed by atoms with van der Waals surface area (Å²) in [4.78, 5) is 37.4. The Morgan fingerprint density at radius 1 is 1.22 bits per heavy atom. The molecule has 0 radical (unpaired) electrons. The standard InChI is InChI=1S/C23H27N5O3S/c1-31-13-3-8-28-22(30)19-6-5-18(14-20(19)25-23(28)32)21(29)27-11-9-26(10-12-27)16-17-4-2-7-24-15-17/h2,4-7,14-15H,3,8-13,16H2,1H3,(H,25,32). The Labute approximate surface area is 191 Å². The summed E-state index contributed by atoms with van der Waals surface area (Å²) in [5.41, 5.74) is 2.16. The van der Waals surface area contributed by atoms with Crippen LogP contribution in [0.3, 0.4) is 0 Å². The fraction of sp³-hybridized carbons (Fsp3) is 0.391. The number of ether oxygens (including phenoxy) is 1. The molecular weight excluding hydrogens is 426 g/mol. The monoisotopic (exact) mass is 453 g/mol. The van der Waals surface area contributed by atoms with Crippen molar-refractivity contribution < 1.29 is 9.53 Å². The molecule has 8 nitrogen and oxygen atoms in total. The molecule has 3 heterocycles. The van der Waals surface area contributed by atoms with Crippen LogP contribution in [-0.4, -0.2) is 70.1 Å². The van der Waals surface area contributed by atoms with Crippen molar-refractivity contribution in [1.82, 2.24) is 24.3 Å². The molecule has 32 heavy (non-hydrogen) atoms. The molecule has 1 aliphatic heterocycles. The first kappa shape index (κ1) is 22.3. The van der Waals surface area contributed by atoms with Gasteiger partial charge >= 0.3 is 0 Å². The Bertz CT molecular complexity index is 1200. The van der Waals surface area contributed by atoms with E-state index in [2.05, 4.69) is 20.9 Å². The minimum Gasteiger partial charge on any atom is -0.385 e. The van der Waals surface area contributed by atoms with Crippen LogP contribution in [0, 0.1) is 4.77 Å². The number of pyridine rings is 1. The lowest BCUT2D eigenvalue weighted by molar-refractivity contribution is 0.0628. The van der Waals surface area contributed by atoms with Crippen LogP contribution in [0.25, 0.3) is 10.9 Å². The molecule has 0 bridgehead atoms. The van der Waals surface area contributed by atoms with E-state index in [1.165, 1.54) is 5.56 Å². The second kappa shape index (κ2) is 10.2. The highest BCUT2D eigenvalue weighted by Crippen LogP contribution is 2.15. The Balaban J connectivity index is 1.45. The molecule has 1 saturated heterocycles. The van der Waals surface area contributed by atoms with E-state index in [1.807, 2.05) is 17.2 Å². The molecule has 3 aromatic rings. The van der Waals surface area contributed by atoms with Gasteiger partial charge in [0.2, 0.25) is 0 Å². The maximum Gasteiger partial charge on any atom is 0.262 e. The zero-order valence-corrected chi connectivity index (χ0v) is 18.9. The first-order valence-corrected chi connectivity index (χ1v) is 11.1. The van der Waals surface area contributed by atoms with E-state index in [4.69, 9.17) is 17.0 Å². The molecule has 0 saturated carbocycles. The molecule has 1 aromatic carbocycles. The van der Waals surface area contributed by atoms with Crippen molar-refractivity contribution >= 4 is 29.0 Å². The zero-order chi connectivity index (χ0) is 22.5. The van der Waals surface area contributed by atoms with Crippen molar-refractivity contribution in [3.63, 3.8) is 0 Å². The highest BCUT2D eigenvalue weighted by atomic mass is 32.1. The molecule has 2 aromatic heterocycles. The van der Waals surface area contributed by atoms with Gasteiger partial charge < -0.3 is 14.6 Å². The number of nitrogens with zero attached hydrogens (tertiary/aromatic N) is 4. The molecular formula is C23H27N5O3S. The molecule has 1 aliphatic rings. The first-order valence-electron chi connectivity index (χ1n) is 10.7. The predicted molar refractivity (Wildman–Crippen MR) is 125 cm³/mol. The molecule has 1 N–H and O–H groups in total. The molecule has 4 rings (SSSR count). The lowest BCUT2D eigenvalue weighted by Crippen LogP contribution is -2.48. The Hall–Kier alpha value is -2.88. The third kappa shape index (κ3) is 4.95. The molecule has 9 heteroatoms. The van der Waals surface area contributed by atoms with E-state index in [1.54, 1.807) is 36.1 Å². The number of aromatic nitrogens is 3. The van der Waals surface area contributed by atoms with Gasteiger partial charge in [0.05, 0.1) is 10.9 Å². The van der Waals surface area contributed by atoms with E-state index in [-0.39, 0.29) is 11.5 Å². The minimum absolute atomic E-state index is 0.0310. The van der Waals surface area contributed by atoms with Gasteiger partial charge in [-0.25, -0.2) is 0 Å². The van der Waals surface area contributed by atoms with Gasteiger partial charge in [-0.1, -0.05) is 6.07 Å². The quantitative estimate of drug-likeness (QED) is 0.437. The van der Waals surface area contributed by atoms with E-state index in [9.17, 15) is 9.59 Å². The van der Waals surface area contributed by atoms with E-state index >= 15 is 0 Å². The van der Waals surface area contributed by atoms with Crippen molar-refractivity contribution in [3.8, 4) is 0 Å². The number of fused-ring (bicyclic) bond motifs is 1. The topological polar surface area (TPSA) is 83.5 Å². The number of H-pyrrole nitrogens is 1. The number of carbonyl (C=O) groups is 1. The number of hydrogen-bond acceptors (Lipinski definition) is 6. The summed E-state index contributed by atoms with van der Waals surface area (Å²) in [6.45, 7) is 4.82. The fourth-order valence-electron chi connectivity index (χ4n) is 4.00. The largest absolute Gasteiger partial charge is 0.385 e. The average Bonchev–Trinajstić information content (AvgIpc) is 2.81. The zero-order valence-electron chi connectivity index (χ0n) is 18.1. The maximum atomic E-state index is 13.1. The predicted octanol–water partition coefficient (Wildman–Crippen LogP) is 2.45. The highest BCUT2D eigenvalue weighted by molar-refractivity contribution is 7.71. The third-order valence-corrected chi connectivity index (χ3v) is 6.07. The SMILES string of the molecule is COCCCn1c(=S)[nH]c2cc(C(=O)N3CCN(Cc4cccnc4)CC3)ccc2c1=O. The second-order valence-electron chi connectivity index (χ2n) is 7.92. The number of methoxy groups -OCH3 is 1. The van der Waals surface area contributed by atoms with Crippen molar-refractivity contribution in [2.75, 3.05) is 39.9 Å². The number of hydrogen-bond donors (Lipinski definition) is 1. The van der Waals surface area contributed by atoms with Crippen LogP contribution >= 0.6 is 12.2 Å². The lowest BCUT2D eigenvalue weighted by Gasteiger charge is -2.34. The van der Waals surface area contributed by atoms with Crippen LogP contribution in [0.2, 0.25) is 0 Å². The molecule has 168 valence electrons. The number of piperazine rings is 1. The van der Waals surface area contributed by atoms with E-state index in [0.717, 1.165) is 19.6 Å². The van der Waals surface area contributed by atoms with Gasteiger partial charge in [-0.2, -0.15) is 0 Å². The van der Waals surface area contributed by atoms with Crippen LogP contribution in [0.4, 0.5) is 0 Å². The molecule has 0 aliphatic carbocycles. The summed E-state index contributed by atoms with van der Waals surface area (Å²) >= 11 is 5.38. The van der Waals surface area contributed by atoms with Crippen molar-refractivity contribution in [1.29, 1.82) is 0 Å². The summed E-state index contributed by atoms with van der Waals surface area (Å²) in [5.74, 6) is -0.0310. The van der Waals surface area contributed by atoms with Crippen LogP contribution in [0.15, 0.2) is 47.5 Å². The number of amides is 1. The Morgan fingerprint density at radius 3 is 2.75 bits per heavy atom. The smallest absolute Gasteiger partial charge is 0.262 e. The molecule has 1 fully saturated rings. The van der Waals surface area contributed by atoms with Crippen molar-refractivity contribution in [2.24, 2.45) is 0 Å². The molecule has 0 atom stereocenters. The van der Waals surface area contributed by atoms with Gasteiger partial charge in [0.15, 0.2) is 4.77 Å². The van der Waals surface area contributed by atoms with Crippen molar-refractivity contribution in [2.45, 2.75) is 19.5 Å². The summed E-state index contributed by atoms with van der Waals surface area (Å²) in [5, 5.41) is 0.522. The van der Waals surface area contributed by atoms with Gasteiger partial charge in [-0.05, 0) is 48.5 Å². The average molecular weight is 454 g/mol. The number of nitrogens with one attached hydrogen (secondary N) is 1. The number of benzene rings is 1. The van der Waals surface area contributed by atoms with Crippen LogP contribution < -0.4 is 5.56 Å². The number of rotatable bonds is 7. The van der Waals surface area contributed by atoms with Gasteiger partial charge in [0.1, 0.15) is 0 Å². The highest BCUT2D eigenvalue weighted by Gasteiger charge is 2.22. The fourth-order valence-corrected chi connectivity index (χ4v) is 4.28. The van der Waals surface area contributed by atoms with Crippen LogP contribution in [0.5, 0.6) is 0 Å². The van der Waals surface area contributed by atoms with E-state index < -0.39 is 0 Å². The lowest BCUT2D eigenvalue weighted by atomic mass is 10.1. The summed E-state index contributed by atoms with van der Waals surface area (Å²) in [7, 11) is 1.63. The van der Waals surface area contributed by atoms with Gasteiger partial charge in [0.25, 0.3) is 11.5 Å². The van der Waals surface area contributed by atoms with Gasteiger partial charge in [-0.3, -0.25) is 24.0 Å². The van der Waals surface area contributed by atoms with E-state index in [0.29, 0.717) is 53.9 Å². The first-order chi connectivity index (χ1) is 15.6. The van der Waals surface area contributed by atoms with Gasteiger partial charge in [0, 0.05) is 70.9 Å². The third-order valence-electron chi connectivity index (χ3n) is 5.75. The summed E-state index contributed by atoms with van der Waals surface area (Å²) in [6.07, 6.45) is 4.34. The van der Waals surface area contributed by atoms with Crippen molar-refractivity contribution in [3.05, 3.63) is 69.0 Å². The Kier molecular flexibility index (Phi) is 7.09. The number of aromatic amines is 1. The minimum atomic E-state index is -0.150. The molecule has 0 unspecified atom stereocenters. The summed E-state index contributed by atoms with van der Waals surface area (Å²) < 4.78 is 6.95. The Morgan fingerprint density at radius 2 is 2.03 bits per heavy atom. The molecule has 0 spiro atoms. The summed E-state index contributed by atoms with van der Waals surface area (Å²) in [6, 6.07) is 9.17.